The topological polar surface area (TPSA) is 78.4 Å². The van der Waals surface area contributed by atoms with Gasteiger partial charge < -0.3 is 15.7 Å². The molecule has 1 aromatic rings. The lowest BCUT2D eigenvalue weighted by atomic mass is 9.86. The summed E-state index contributed by atoms with van der Waals surface area (Å²) in [5, 5.41) is 15.1. The van der Waals surface area contributed by atoms with Gasteiger partial charge in [0.2, 0.25) is 0 Å². The molecule has 114 valence electrons. The number of halogens is 2. The summed E-state index contributed by atoms with van der Waals surface area (Å²) < 4.78 is 0. The van der Waals surface area contributed by atoms with Crippen molar-refractivity contribution in [3.8, 4) is 0 Å². The molecule has 0 heterocycles. The summed E-state index contributed by atoms with van der Waals surface area (Å²) in [6.07, 6.45) is 2.91. The molecule has 3 N–H and O–H groups in total. The van der Waals surface area contributed by atoms with E-state index in [1.165, 1.54) is 0 Å². The molecule has 1 saturated carbocycles. The van der Waals surface area contributed by atoms with Crippen LogP contribution < -0.4 is 10.6 Å². The summed E-state index contributed by atoms with van der Waals surface area (Å²) in [5.41, 5.74) is -0.465. The normalized spacial score (nSPS) is 16.5. The first-order chi connectivity index (χ1) is 9.94. The highest BCUT2D eigenvalue weighted by Crippen LogP contribution is 2.37. The number of rotatable bonds is 4. The van der Waals surface area contributed by atoms with Crippen LogP contribution in [0, 0.1) is 5.41 Å². The van der Waals surface area contributed by atoms with Gasteiger partial charge in [0.25, 0.3) is 0 Å². The van der Waals surface area contributed by atoms with Crippen LogP contribution >= 0.6 is 23.2 Å². The van der Waals surface area contributed by atoms with Gasteiger partial charge in [-0.15, -0.1) is 0 Å². The van der Waals surface area contributed by atoms with E-state index in [4.69, 9.17) is 23.2 Å². The van der Waals surface area contributed by atoms with Gasteiger partial charge in [-0.3, -0.25) is 4.79 Å². The first-order valence-electron chi connectivity index (χ1n) is 6.67. The molecule has 0 bridgehead atoms. The molecule has 0 aliphatic heterocycles. The molecule has 2 rings (SSSR count). The number of benzene rings is 1. The highest BCUT2D eigenvalue weighted by molar-refractivity contribution is 6.43. The van der Waals surface area contributed by atoms with Gasteiger partial charge in [-0.25, -0.2) is 4.79 Å². The Bertz CT molecular complexity index is 557. The van der Waals surface area contributed by atoms with Gasteiger partial charge in [-0.2, -0.15) is 0 Å². The van der Waals surface area contributed by atoms with Crippen LogP contribution in [0.25, 0.3) is 0 Å². The lowest BCUT2D eigenvalue weighted by Gasteiger charge is -2.24. The highest BCUT2D eigenvalue weighted by atomic mass is 35.5. The zero-order valence-corrected chi connectivity index (χ0v) is 12.8. The largest absolute Gasteiger partial charge is 0.481 e. The van der Waals surface area contributed by atoms with Crippen LogP contribution in [-0.4, -0.2) is 23.7 Å². The summed E-state index contributed by atoms with van der Waals surface area (Å²) in [6.45, 7) is 0.104. The van der Waals surface area contributed by atoms with Crippen molar-refractivity contribution in [2.24, 2.45) is 5.41 Å². The van der Waals surface area contributed by atoms with E-state index in [9.17, 15) is 14.7 Å². The maximum Gasteiger partial charge on any atom is 0.319 e. The minimum Gasteiger partial charge on any atom is -0.481 e. The van der Waals surface area contributed by atoms with Crippen molar-refractivity contribution in [2.45, 2.75) is 25.7 Å². The van der Waals surface area contributed by atoms with E-state index in [0.717, 1.165) is 12.8 Å². The van der Waals surface area contributed by atoms with Crippen molar-refractivity contribution in [1.82, 2.24) is 5.32 Å². The van der Waals surface area contributed by atoms with Crippen molar-refractivity contribution >= 4 is 40.9 Å². The monoisotopic (exact) mass is 330 g/mol. The van der Waals surface area contributed by atoms with Crippen LogP contribution in [0.3, 0.4) is 0 Å². The van der Waals surface area contributed by atoms with E-state index in [2.05, 4.69) is 10.6 Å². The molecule has 0 atom stereocenters. The number of amides is 2. The Morgan fingerprint density at radius 3 is 2.52 bits per heavy atom. The van der Waals surface area contributed by atoms with Crippen LogP contribution in [-0.2, 0) is 4.79 Å². The molecule has 1 aromatic carbocycles. The maximum absolute atomic E-state index is 11.9. The molecule has 0 spiro atoms. The SMILES string of the molecule is O=C(NCC1(C(=O)O)CCCC1)Nc1cccc(Cl)c1Cl. The van der Waals surface area contributed by atoms with E-state index in [0.29, 0.717) is 23.6 Å². The fourth-order valence-corrected chi connectivity index (χ4v) is 2.88. The molecule has 2 amide bonds. The first kappa shape index (κ1) is 15.9. The number of anilines is 1. The molecular weight excluding hydrogens is 315 g/mol. The molecular formula is C14H16Cl2N2O3. The quantitative estimate of drug-likeness (QED) is 0.786. The van der Waals surface area contributed by atoms with E-state index in [-0.39, 0.29) is 11.6 Å². The van der Waals surface area contributed by atoms with E-state index >= 15 is 0 Å². The summed E-state index contributed by atoms with van der Waals surface area (Å²) in [7, 11) is 0. The third kappa shape index (κ3) is 3.60. The highest BCUT2D eigenvalue weighted by Gasteiger charge is 2.41. The number of hydrogen-bond donors (Lipinski definition) is 3. The van der Waals surface area contributed by atoms with Crippen molar-refractivity contribution < 1.29 is 14.7 Å². The summed E-state index contributed by atoms with van der Waals surface area (Å²) in [6, 6.07) is 4.41. The molecule has 5 nitrogen and oxygen atoms in total. The lowest BCUT2D eigenvalue weighted by molar-refractivity contribution is -0.148. The second-order valence-corrected chi connectivity index (χ2v) is 5.99. The molecule has 1 aliphatic rings. The predicted octanol–water partition coefficient (Wildman–Crippen LogP) is 3.76. The molecule has 0 radical (unpaired) electrons. The van der Waals surface area contributed by atoms with Gasteiger partial charge in [-0.1, -0.05) is 42.1 Å². The number of carboxylic acids is 1. The van der Waals surface area contributed by atoms with Crippen molar-refractivity contribution in [1.29, 1.82) is 0 Å². The zero-order chi connectivity index (χ0) is 15.5. The van der Waals surface area contributed by atoms with Gasteiger partial charge in [0, 0.05) is 6.54 Å². The number of carboxylic acid groups (broad SMARTS) is 1. The van der Waals surface area contributed by atoms with Crippen LogP contribution in [0.5, 0.6) is 0 Å². The van der Waals surface area contributed by atoms with Crippen molar-refractivity contribution in [2.75, 3.05) is 11.9 Å². The van der Waals surface area contributed by atoms with E-state index in [1.807, 2.05) is 0 Å². The minimum atomic E-state index is -0.860. The number of urea groups is 1. The fourth-order valence-electron chi connectivity index (χ4n) is 2.53. The van der Waals surface area contributed by atoms with Crippen molar-refractivity contribution in [3.05, 3.63) is 28.2 Å². The third-order valence-corrected chi connectivity index (χ3v) is 4.62. The van der Waals surface area contributed by atoms with Crippen molar-refractivity contribution in [3.63, 3.8) is 0 Å². The Balaban J connectivity index is 1.96. The number of carbonyl (C=O) groups is 2. The molecule has 0 aromatic heterocycles. The molecule has 21 heavy (non-hydrogen) atoms. The lowest BCUT2D eigenvalue weighted by Crippen LogP contribution is -2.42. The first-order valence-corrected chi connectivity index (χ1v) is 7.42. The van der Waals surface area contributed by atoms with Gasteiger partial charge in [0.1, 0.15) is 0 Å². The Hall–Kier alpha value is -1.46. The molecule has 7 heteroatoms. The second kappa shape index (κ2) is 6.54. The molecule has 1 fully saturated rings. The Morgan fingerprint density at radius 1 is 1.24 bits per heavy atom. The third-order valence-electron chi connectivity index (χ3n) is 3.80. The van der Waals surface area contributed by atoms with Crippen LogP contribution in [0.2, 0.25) is 10.0 Å². The van der Waals surface area contributed by atoms with Crippen LogP contribution in [0.15, 0.2) is 18.2 Å². The molecule has 0 saturated heterocycles. The summed E-state index contributed by atoms with van der Waals surface area (Å²) >= 11 is 11.8. The summed E-state index contributed by atoms with van der Waals surface area (Å²) in [5.74, 6) is -0.860. The van der Waals surface area contributed by atoms with Gasteiger partial charge in [0.15, 0.2) is 0 Å². The van der Waals surface area contributed by atoms with Gasteiger partial charge >= 0.3 is 12.0 Å². The smallest absolute Gasteiger partial charge is 0.319 e. The predicted molar refractivity (Wildman–Crippen MR) is 82.0 cm³/mol. The number of nitrogens with one attached hydrogen (secondary N) is 2. The second-order valence-electron chi connectivity index (χ2n) is 5.20. The van der Waals surface area contributed by atoms with Crippen LogP contribution in [0.1, 0.15) is 25.7 Å². The number of carbonyl (C=O) groups excluding carboxylic acids is 1. The zero-order valence-electron chi connectivity index (χ0n) is 11.3. The number of aliphatic carboxylic acids is 1. The van der Waals surface area contributed by atoms with Gasteiger partial charge in [-0.05, 0) is 25.0 Å². The minimum absolute atomic E-state index is 0.104. The Kier molecular flexibility index (Phi) is 4.96. The van der Waals surface area contributed by atoms with E-state index in [1.54, 1.807) is 18.2 Å². The average Bonchev–Trinajstić information content (AvgIpc) is 2.92. The maximum atomic E-state index is 11.9. The molecule has 1 aliphatic carbocycles. The standard InChI is InChI=1S/C14H16Cl2N2O3/c15-9-4-3-5-10(11(9)16)18-13(21)17-8-14(12(19)20)6-1-2-7-14/h3-5H,1-2,6-8H2,(H,19,20)(H2,17,18,21). The van der Waals surface area contributed by atoms with Crippen LogP contribution in [0.4, 0.5) is 10.5 Å². The average molecular weight is 331 g/mol. The molecule has 0 unspecified atom stereocenters. The summed E-state index contributed by atoms with van der Waals surface area (Å²) in [4.78, 5) is 23.3. The number of hydrogen-bond acceptors (Lipinski definition) is 2. The van der Waals surface area contributed by atoms with E-state index < -0.39 is 17.4 Å². The van der Waals surface area contributed by atoms with Gasteiger partial charge in [0.05, 0.1) is 21.1 Å². The Labute approximate surface area is 132 Å². The Morgan fingerprint density at radius 2 is 1.90 bits per heavy atom. The fraction of sp³-hybridized carbons (Fsp3) is 0.429.